The highest BCUT2D eigenvalue weighted by Gasteiger charge is 2.11. The van der Waals surface area contributed by atoms with E-state index in [2.05, 4.69) is 60.7 Å². The molecule has 31 heavy (non-hydrogen) atoms. The Bertz CT molecular complexity index is 1460. The molecule has 2 heterocycles. The standard InChI is InChI=1S/C29H19NO/c1-3-9-20(10-4-1)26-17-23(18-27(30-26)21-11-5-2-6-12-21)22-15-16-25-24-13-7-8-14-28(24)31-29(25)19-22/h1-19H. The van der Waals surface area contributed by atoms with E-state index in [-0.39, 0.29) is 0 Å². The molecule has 6 aromatic rings. The summed E-state index contributed by atoms with van der Waals surface area (Å²) in [5, 5.41) is 2.29. The molecule has 0 aliphatic heterocycles. The van der Waals surface area contributed by atoms with Gasteiger partial charge in [-0.1, -0.05) is 84.9 Å². The van der Waals surface area contributed by atoms with Gasteiger partial charge in [0, 0.05) is 21.9 Å². The molecule has 146 valence electrons. The maximum absolute atomic E-state index is 6.13. The average Bonchev–Trinajstić information content (AvgIpc) is 3.23. The Hall–Kier alpha value is -4.17. The molecule has 0 saturated carbocycles. The SMILES string of the molecule is c1ccc(-c2cc(-c3ccc4c(c3)oc3ccccc34)cc(-c3ccccc3)n2)cc1. The highest BCUT2D eigenvalue weighted by Crippen LogP contribution is 2.34. The molecule has 0 spiro atoms. The van der Waals surface area contributed by atoms with E-state index in [1.54, 1.807) is 0 Å². The van der Waals surface area contributed by atoms with Crippen molar-refractivity contribution < 1.29 is 4.42 Å². The van der Waals surface area contributed by atoms with Crippen molar-refractivity contribution in [3.63, 3.8) is 0 Å². The lowest BCUT2D eigenvalue weighted by molar-refractivity contribution is 0.669. The first-order valence-electron chi connectivity index (χ1n) is 10.4. The van der Waals surface area contributed by atoms with Crippen molar-refractivity contribution in [2.24, 2.45) is 0 Å². The van der Waals surface area contributed by atoms with Crippen LogP contribution < -0.4 is 0 Å². The van der Waals surface area contributed by atoms with E-state index >= 15 is 0 Å². The summed E-state index contributed by atoms with van der Waals surface area (Å²) in [6, 6.07) is 39.6. The van der Waals surface area contributed by atoms with Crippen LogP contribution in [-0.2, 0) is 0 Å². The van der Waals surface area contributed by atoms with Gasteiger partial charge in [0.15, 0.2) is 0 Å². The summed E-state index contributed by atoms with van der Waals surface area (Å²) in [6.45, 7) is 0. The van der Waals surface area contributed by atoms with Crippen LogP contribution in [0, 0.1) is 0 Å². The number of rotatable bonds is 3. The smallest absolute Gasteiger partial charge is 0.136 e. The number of furan rings is 1. The quantitative estimate of drug-likeness (QED) is 0.302. The van der Waals surface area contributed by atoms with Crippen molar-refractivity contribution >= 4 is 21.9 Å². The molecule has 2 heteroatoms. The van der Waals surface area contributed by atoms with Crippen molar-refractivity contribution in [1.29, 1.82) is 0 Å². The fraction of sp³-hybridized carbons (Fsp3) is 0. The lowest BCUT2D eigenvalue weighted by Gasteiger charge is -2.10. The molecule has 0 bridgehead atoms. The predicted octanol–water partition coefficient (Wildman–Crippen LogP) is 7.98. The Morgan fingerprint density at radius 2 is 1.00 bits per heavy atom. The van der Waals surface area contributed by atoms with E-state index < -0.39 is 0 Å². The minimum atomic E-state index is 0.901. The minimum absolute atomic E-state index is 0.901. The van der Waals surface area contributed by atoms with Crippen LogP contribution in [0.4, 0.5) is 0 Å². The van der Waals surface area contributed by atoms with E-state index in [1.165, 1.54) is 0 Å². The van der Waals surface area contributed by atoms with Crippen LogP contribution in [0.3, 0.4) is 0 Å². The van der Waals surface area contributed by atoms with E-state index in [1.807, 2.05) is 54.6 Å². The second-order valence-electron chi connectivity index (χ2n) is 7.67. The van der Waals surface area contributed by atoms with Crippen molar-refractivity contribution in [2.75, 3.05) is 0 Å². The summed E-state index contributed by atoms with van der Waals surface area (Å²) in [6.07, 6.45) is 0. The van der Waals surface area contributed by atoms with E-state index in [0.717, 1.165) is 55.6 Å². The average molecular weight is 397 g/mol. The summed E-state index contributed by atoms with van der Waals surface area (Å²) in [7, 11) is 0. The number of nitrogens with zero attached hydrogens (tertiary/aromatic N) is 1. The van der Waals surface area contributed by atoms with Crippen molar-refractivity contribution in [1.82, 2.24) is 4.98 Å². The number of fused-ring (bicyclic) bond motifs is 3. The molecule has 0 aliphatic carbocycles. The Kier molecular flexibility index (Phi) is 4.14. The van der Waals surface area contributed by atoms with Crippen LogP contribution in [-0.4, -0.2) is 4.98 Å². The van der Waals surface area contributed by atoms with E-state index in [0.29, 0.717) is 0 Å². The Balaban J connectivity index is 1.56. The van der Waals surface area contributed by atoms with Gasteiger partial charge in [0.25, 0.3) is 0 Å². The number of aromatic nitrogens is 1. The maximum Gasteiger partial charge on any atom is 0.136 e. The third-order valence-corrected chi connectivity index (χ3v) is 5.68. The van der Waals surface area contributed by atoms with Crippen LogP contribution in [0.2, 0.25) is 0 Å². The predicted molar refractivity (Wildman–Crippen MR) is 128 cm³/mol. The molecule has 2 nitrogen and oxygen atoms in total. The fourth-order valence-electron chi connectivity index (χ4n) is 4.12. The lowest BCUT2D eigenvalue weighted by Crippen LogP contribution is -1.91. The van der Waals surface area contributed by atoms with Crippen molar-refractivity contribution in [3.05, 3.63) is 115 Å². The zero-order valence-corrected chi connectivity index (χ0v) is 16.8. The molecule has 0 atom stereocenters. The third kappa shape index (κ3) is 3.19. The van der Waals surface area contributed by atoms with Gasteiger partial charge in [-0.2, -0.15) is 0 Å². The Morgan fingerprint density at radius 3 is 1.68 bits per heavy atom. The molecule has 0 aliphatic rings. The van der Waals surface area contributed by atoms with Gasteiger partial charge in [-0.3, -0.25) is 0 Å². The third-order valence-electron chi connectivity index (χ3n) is 5.68. The second-order valence-corrected chi connectivity index (χ2v) is 7.67. The van der Waals surface area contributed by atoms with Crippen molar-refractivity contribution in [2.45, 2.75) is 0 Å². The van der Waals surface area contributed by atoms with Gasteiger partial charge in [0.05, 0.1) is 11.4 Å². The van der Waals surface area contributed by atoms with Gasteiger partial charge in [-0.05, 0) is 41.5 Å². The number of benzene rings is 4. The maximum atomic E-state index is 6.13. The Morgan fingerprint density at radius 1 is 0.419 bits per heavy atom. The monoisotopic (exact) mass is 397 g/mol. The number of para-hydroxylation sites is 1. The van der Waals surface area contributed by atoms with Crippen LogP contribution in [0.1, 0.15) is 0 Å². The van der Waals surface area contributed by atoms with Crippen molar-refractivity contribution in [3.8, 4) is 33.6 Å². The number of hydrogen-bond donors (Lipinski definition) is 0. The molecule has 0 saturated heterocycles. The van der Waals surface area contributed by atoms with Gasteiger partial charge >= 0.3 is 0 Å². The molecule has 4 aromatic carbocycles. The lowest BCUT2D eigenvalue weighted by atomic mass is 9.99. The second kappa shape index (κ2) is 7.26. The summed E-state index contributed by atoms with van der Waals surface area (Å²) in [5.74, 6) is 0. The zero-order valence-electron chi connectivity index (χ0n) is 16.8. The van der Waals surface area contributed by atoms with Gasteiger partial charge in [0.1, 0.15) is 11.2 Å². The van der Waals surface area contributed by atoms with Gasteiger partial charge in [-0.15, -0.1) is 0 Å². The molecular weight excluding hydrogens is 378 g/mol. The highest BCUT2D eigenvalue weighted by atomic mass is 16.3. The minimum Gasteiger partial charge on any atom is -0.456 e. The number of hydrogen-bond acceptors (Lipinski definition) is 2. The van der Waals surface area contributed by atoms with Crippen LogP contribution >= 0.6 is 0 Å². The summed E-state index contributed by atoms with van der Waals surface area (Å²) < 4.78 is 6.13. The molecule has 0 radical (unpaired) electrons. The van der Waals surface area contributed by atoms with Crippen LogP contribution in [0.5, 0.6) is 0 Å². The first-order chi connectivity index (χ1) is 15.3. The summed E-state index contributed by atoms with van der Waals surface area (Å²) in [5.41, 5.74) is 8.18. The van der Waals surface area contributed by atoms with Gasteiger partial charge in [-0.25, -0.2) is 4.98 Å². The topological polar surface area (TPSA) is 26.0 Å². The first kappa shape index (κ1) is 17.7. The van der Waals surface area contributed by atoms with Crippen LogP contribution in [0.15, 0.2) is 120 Å². The van der Waals surface area contributed by atoms with E-state index in [4.69, 9.17) is 9.40 Å². The molecule has 2 aromatic heterocycles. The molecule has 0 unspecified atom stereocenters. The van der Waals surface area contributed by atoms with Gasteiger partial charge in [0.2, 0.25) is 0 Å². The fourth-order valence-corrected chi connectivity index (χ4v) is 4.12. The zero-order chi connectivity index (χ0) is 20.6. The highest BCUT2D eigenvalue weighted by molar-refractivity contribution is 6.05. The molecule has 0 fully saturated rings. The summed E-state index contributed by atoms with van der Waals surface area (Å²) >= 11 is 0. The number of pyridine rings is 1. The van der Waals surface area contributed by atoms with Crippen LogP contribution in [0.25, 0.3) is 55.6 Å². The molecule has 0 amide bonds. The summed E-state index contributed by atoms with van der Waals surface area (Å²) in [4.78, 5) is 4.97. The normalized spacial score (nSPS) is 11.2. The molecular formula is C29H19NO. The first-order valence-corrected chi connectivity index (χ1v) is 10.4. The Labute approximate surface area is 180 Å². The van der Waals surface area contributed by atoms with Gasteiger partial charge < -0.3 is 4.42 Å². The van der Waals surface area contributed by atoms with E-state index in [9.17, 15) is 0 Å². The molecule has 6 rings (SSSR count). The largest absolute Gasteiger partial charge is 0.456 e. The molecule has 0 N–H and O–H groups in total.